The Morgan fingerprint density at radius 1 is 1.26 bits per heavy atom. The molecule has 0 aliphatic heterocycles. The summed E-state index contributed by atoms with van der Waals surface area (Å²) in [7, 11) is 1.67. The van der Waals surface area contributed by atoms with Crippen molar-refractivity contribution in [2.24, 2.45) is 7.05 Å². The normalized spacial score (nSPS) is 11.1. The molecule has 31 heavy (non-hydrogen) atoms. The lowest BCUT2D eigenvalue weighted by Gasteiger charge is -2.07. The molecule has 0 aliphatic carbocycles. The fourth-order valence-electron chi connectivity index (χ4n) is 2.97. The summed E-state index contributed by atoms with van der Waals surface area (Å²) in [5, 5.41) is 22.9. The maximum Gasteiger partial charge on any atom is 0.295 e. The molecule has 3 rings (SSSR count). The van der Waals surface area contributed by atoms with Crippen molar-refractivity contribution >= 4 is 35.0 Å². The molecule has 1 aromatic heterocycles. The molecule has 3 aromatic rings. The highest BCUT2D eigenvalue weighted by Crippen LogP contribution is 2.26. The molecule has 0 radical (unpaired) electrons. The zero-order valence-corrected chi connectivity index (χ0v) is 17.3. The number of halogens is 1. The van der Waals surface area contributed by atoms with Crippen LogP contribution in [0.1, 0.15) is 11.3 Å². The molecule has 1 N–H and O–H groups in total. The average molecular weight is 438 g/mol. The van der Waals surface area contributed by atoms with Crippen LogP contribution in [0.15, 0.2) is 58.9 Å². The first-order valence-corrected chi connectivity index (χ1v) is 9.33. The lowest BCUT2D eigenvalue weighted by molar-refractivity contribution is -0.384. The van der Waals surface area contributed by atoms with Gasteiger partial charge in [0.15, 0.2) is 0 Å². The first-order chi connectivity index (χ1) is 14.7. The van der Waals surface area contributed by atoms with Gasteiger partial charge in [0.25, 0.3) is 17.2 Å². The van der Waals surface area contributed by atoms with Gasteiger partial charge in [0.05, 0.1) is 16.3 Å². The van der Waals surface area contributed by atoms with Crippen LogP contribution in [0.3, 0.4) is 0 Å². The largest absolute Gasteiger partial charge is 0.315 e. The van der Waals surface area contributed by atoms with Crippen LogP contribution in [0, 0.1) is 28.4 Å². The quantitative estimate of drug-likeness (QED) is 0.283. The second-order valence-corrected chi connectivity index (χ2v) is 6.94. The maximum absolute atomic E-state index is 12.9. The minimum atomic E-state index is -0.814. The van der Waals surface area contributed by atoms with Gasteiger partial charge in [-0.15, -0.1) is 0 Å². The van der Waals surface area contributed by atoms with Gasteiger partial charge in [-0.05, 0) is 36.8 Å². The zero-order valence-electron chi connectivity index (χ0n) is 16.5. The molecule has 156 valence electrons. The number of para-hydroxylation sites is 1. The Hall–Kier alpha value is -4.16. The van der Waals surface area contributed by atoms with Crippen molar-refractivity contribution in [3.8, 4) is 11.8 Å². The SMILES string of the molecule is Cc1c(NC(=O)/C(C#N)=C/c2ccc(Cl)c([N+](=O)[O-])c2)c(=O)n(-c2ccccc2)n1C. The molecular weight excluding hydrogens is 422 g/mol. The number of aromatic nitrogens is 2. The molecule has 9 nitrogen and oxygen atoms in total. The summed E-state index contributed by atoms with van der Waals surface area (Å²) in [5.41, 5.74) is 0.237. The Bertz CT molecular complexity index is 1320. The van der Waals surface area contributed by atoms with Crippen LogP contribution in [0.25, 0.3) is 11.8 Å². The molecule has 10 heteroatoms. The number of nitro benzene ring substituents is 1. The van der Waals surface area contributed by atoms with Crippen LogP contribution in [0.4, 0.5) is 11.4 Å². The predicted octanol–water partition coefficient (Wildman–Crippen LogP) is 3.59. The summed E-state index contributed by atoms with van der Waals surface area (Å²) in [4.78, 5) is 36.0. The number of benzene rings is 2. The lowest BCUT2D eigenvalue weighted by atomic mass is 10.1. The third-order valence-electron chi connectivity index (χ3n) is 4.64. The van der Waals surface area contributed by atoms with Gasteiger partial charge in [0.2, 0.25) is 0 Å². The molecule has 0 unspecified atom stereocenters. The summed E-state index contributed by atoms with van der Waals surface area (Å²) in [5.74, 6) is -0.814. The van der Waals surface area contributed by atoms with Crippen molar-refractivity contribution < 1.29 is 9.72 Å². The zero-order chi connectivity index (χ0) is 22.7. The molecule has 0 bridgehead atoms. The van der Waals surface area contributed by atoms with Gasteiger partial charge in [-0.1, -0.05) is 35.9 Å². The summed E-state index contributed by atoms with van der Waals surface area (Å²) < 4.78 is 2.98. The number of nitriles is 1. The van der Waals surface area contributed by atoms with Gasteiger partial charge in [-0.3, -0.25) is 24.4 Å². The van der Waals surface area contributed by atoms with Gasteiger partial charge in [-0.2, -0.15) is 5.26 Å². The van der Waals surface area contributed by atoms with E-state index >= 15 is 0 Å². The van der Waals surface area contributed by atoms with Gasteiger partial charge in [0.1, 0.15) is 22.4 Å². The Morgan fingerprint density at radius 3 is 2.55 bits per heavy atom. The van der Waals surface area contributed by atoms with Gasteiger partial charge in [0, 0.05) is 13.1 Å². The van der Waals surface area contributed by atoms with Crippen LogP contribution < -0.4 is 10.9 Å². The van der Waals surface area contributed by atoms with Crippen LogP contribution in [-0.4, -0.2) is 20.2 Å². The number of carbonyl (C=O) groups is 1. The molecule has 0 atom stereocenters. The van der Waals surface area contributed by atoms with Gasteiger partial charge < -0.3 is 5.32 Å². The van der Waals surface area contributed by atoms with Crippen LogP contribution in [-0.2, 0) is 11.8 Å². The highest BCUT2D eigenvalue weighted by molar-refractivity contribution is 6.32. The number of hydrogen-bond acceptors (Lipinski definition) is 5. The monoisotopic (exact) mass is 437 g/mol. The number of anilines is 1. The minimum Gasteiger partial charge on any atom is -0.315 e. The Kier molecular flexibility index (Phi) is 6.04. The Balaban J connectivity index is 1.97. The van der Waals surface area contributed by atoms with Gasteiger partial charge in [-0.25, -0.2) is 4.68 Å². The molecular formula is C21H16ClN5O4. The van der Waals surface area contributed by atoms with Crippen molar-refractivity contribution in [3.05, 3.63) is 90.9 Å². The summed E-state index contributed by atoms with van der Waals surface area (Å²) in [6.45, 7) is 1.66. The van der Waals surface area contributed by atoms with E-state index in [1.54, 1.807) is 49.0 Å². The maximum atomic E-state index is 12.9. The molecule has 1 heterocycles. The number of nitrogens with zero attached hydrogens (tertiary/aromatic N) is 4. The van der Waals surface area contributed by atoms with Crippen molar-refractivity contribution in [2.75, 3.05) is 5.32 Å². The molecule has 0 fully saturated rings. The van der Waals surface area contributed by atoms with E-state index in [0.29, 0.717) is 11.4 Å². The van der Waals surface area contributed by atoms with Crippen LogP contribution in [0.5, 0.6) is 0 Å². The number of hydrogen-bond donors (Lipinski definition) is 1. The molecule has 2 aromatic carbocycles. The van der Waals surface area contributed by atoms with Crippen LogP contribution in [0.2, 0.25) is 5.02 Å². The fourth-order valence-corrected chi connectivity index (χ4v) is 3.15. The topological polar surface area (TPSA) is 123 Å². The fraction of sp³-hybridized carbons (Fsp3) is 0.0952. The van der Waals surface area contributed by atoms with Crippen molar-refractivity contribution in [1.82, 2.24) is 9.36 Å². The third kappa shape index (κ3) is 4.24. The van der Waals surface area contributed by atoms with Crippen molar-refractivity contribution in [1.29, 1.82) is 5.26 Å². The second kappa shape index (κ2) is 8.69. The molecule has 0 saturated carbocycles. The van der Waals surface area contributed by atoms with E-state index in [0.717, 1.165) is 6.07 Å². The predicted molar refractivity (Wildman–Crippen MR) is 116 cm³/mol. The standard InChI is InChI=1S/C21H16ClN5O4/c1-13-19(21(29)26(25(13)2)16-6-4-3-5-7-16)24-20(28)15(12-23)10-14-8-9-17(22)18(11-14)27(30)31/h3-11H,1-2H3,(H,24,28)/b15-10+. The van der Waals surface area contributed by atoms with E-state index in [-0.39, 0.29) is 27.5 Å². The third-order valence-corrected chi connectivity index (χ3v) is 4.96. The molecule has 0 saturated heterocycles. The number of nitrogens with one attached hydrogen (secondary N) is 1. The molecule has 1 amide bonds. The molecule has 0 aliphatic rings. The van der Waals surface area contributed by atoms with E-state index in [1.165, 1.54) is 22.9 Å². The highest BCUT2D eigenvalue weighted by Gasteiger charge is 2.20. The average Bonchev–Trinajstić information content (AvgIpc) is 2.96. The summed E-state index contributed by atoms with van der Waals surface area (Å²) >= 11 is 5.79. The van der Waals surface area contributed by atoms with E-state index in [4.69, 9.17) is 11.6 Å². The smallest absolute Gasteiger partial charge is 0.295 e. The Labute approximate surface area is 181 Å². The lowest BCUT2D eigenvalue weighted by Crippen LogP contribution is -2.23. The van der Waals surface area contributed by atoms with E-state index < -0.39 is 16.4 Å². The Morgan fingerprint density at radius 2 is 1.94 bits per heavy atom. The van der Waals surface area contributed by atoms with Gasteiger partial charge >= 0.3 is 0 Å². The minimum absolute atomic E-state index is 0.0274. The highest BCUT2D eigenvalue weighted by atomic mass is 35.5. The van der Waals surface area contributed by atoms with E-state index in [1.807, 2.05) is 6.07 Å². The van der Waals surface area contributed by atoms with Crippen LogP contribution >= 0.6 is 11.6 Å². The van der Waals surface area contributed by atoms with Crippen molar-refractivity contribution in [3.63, 3.8) is 0 Å². The summed E-state index contributed by atoms with van der Waals surface area (Å²) in [6, 6.07) is 14.5. The summed E-state index contributed by atoms with van der Waals surface area (Å²) in [6.07, 6.45) is 1.19. The van der Waals surface area contributed by atoms with E-state index in [9.17, 15) is 25.0 Å². The number of rotatable bonds is 5. The second-order valence-electron chi connectivity index (χ2n) is 6.53. The first-order valence-electron chi connectivity index (χ1n) is 8.95. The van der Waals surface area contributed by atoms with E-state index in [2.05, 4.69) is 5.32 Å². The van der Waals surface area contributed by atoms with Crippen molar-refractivity contribution in [2.45, 2.75) is 6.92 Å². The number of carbonyl (C=O) groups excluding carboxylic acids is 1. The molecule has 0 spiro atoms. The number of nitro groups is 1. The first kappa shape index (κ1) is 21.5. The number of amides is 1.